The van der Waals surface area contributed by atoms with Crippen molar-refractivity contribution in [3.63, 3.8) is 0 Å². The summed E-state index contributed by atoms with van der Waals surface area (Å²) in [7, 11) is 0. The molecule has 0 radical (unpaired) electrons. The zero-order valence-corrected chi connectivity index (χ0v) is 13.7. The SMILES string of the molecule is NNC(Cc1c(Cl)cccc1Cl)C1Cc2ccccc2S1. The van der Waals surface area contributed by atoms with Crippen molar-refractivity contribution in [2.75, 3.05) is 0 Å². The fraction of sp³-hybridized carbons (Fsp3) is 0.250. The lowest BCUT2D eigenvalue weighted by Crippen LogP contribution is -2.44. The predicted molar refractivity (Wildman–Crippen MR) is 91.1 cm³/mol. The largest absolute Gasteiger partial charge is 0.271 e. The van der Waals surface area contributed by atoms with Gasteiger partial charge in [-0.1, -0.05) is 47.5 Å². The summed E-state index contributed by atoms with van der Waals surface area (Å²) in [6.45, 7) is 0. The minimum atomic E-state index is 0.125. The molecule has 2 aromatic carbocycles. The van der Waals surface area contributed by atoms with Gasteiger partial charge in [0.25, 0.3) is 0 Å². The topological polar surface area (TPSA) is 38.0 Å². The molecule has 0 bridgehead atoms. The van der Waals surface area contributed by atoms with Gasteiger partial charge in [-0.2, -0.15) is 0 Å². The number of halogens is 2. The number of hydrazine groups is 1. The van der Waals surface area contributed by atoms with Gasteiger partial charge < -0.3 is 0 Å². The maximum atomic E-state index is 6.27. The van der Waals surface area contributed by atoms with Crippen LogP contribution in [0.1, 0.15) is 11.1 Å². The molecule has 0 fully saturated rings. The van der Waals surface area contributed by atoms with Gasteiger partial charge in [-0.25, -0.2) is 0 Å². The van der Waals surface area contributed by atoms with Gasteiger partial charge in [-0.3, -0.25) is 11.3 Å². The van der Waals surface area contributed by atoms with E-state index in [1.54, 1.807) is 0 Å². The Morgan fingerprint density at radius 1 is 1.14 bits per heavy atom. The number of hydrogen-bond acceptors (Lipinski definition) is 3. The first-order valence-corrected chi connectivity index (χ1v) is 8.46. The van der Waals surface area contributed by atoms with E-state index >= 15 is 0 Å². The molecule has 2 nitrogen and oxygen atoms in total. The molecule has 5 heteroatoms. The van der Waals surface area contributed by atoms with Crippen molar-refractivity contribution in [3.05, 3.63) is 63.6 Å². The van der Waals surface area contributed by atoms with Crippen LogP contribution in [0.2, 0.25) is 10.0 Å². The Bertz CT molecular complexity index is 603. The molecule has 21 heavy (non-hydrogen) atoms. The number of rotatable bonds is 4. The average Bonchev–Trinajstić information content (AvgIpc) is 2.90. The molecule has 1 aliphatic heterocycles. The van der Waals surface area contributed by atoms with E-state index in [9.17, 15) is 0 Å². The van der Waals surface area contributed by atoms with Crippen LogP contribution in [0.3, 0.4) is 0 Å². The highest BCUT2D eigenvalue weighted by atomic mass is 35.5. The molecule has 2 aromatic rings. The Labute approximate surface area is 139 Å². The predicted octanol–water partition coefficient (Wildman–Crippen LogP) is 4.08. The first-order chi connectivity index (χ1) is 10.2. The minimum absolute atomic E-state index is 0.125. The molecular formula is C16H16Cl2N2S. The molecule has 2 unspecified atom stereocenters. The fourth-order valence-corrected chi connectivity index (χ4v) is 4.62. The summed E-state index contributed by atoms with van der Waals surface area (Å²) >= 11 is 14.4. The van der Waals surface area contributed by atoms with Gasteiger partial charge in [0, 0.05) is 26.2 Å². The third kappa shape index (κ3) is 3.22. The normalized spacial score (nSPS) is 18.5. The molecular weight excluding hydrogens is 323 g/mol. The average molecular weight is 339 g/mol. The van der Waals surface area contributed by atoms with Crippen LogP contribution in [-0.4, -0.2) is 11.3 Å². The number of nitrogens with one attached hydrogen (secondary N) is 1. The summed E-state index contributed by atoms with van der Waals surface area (Å²) in [5.41, 5.74) is 5.29. The van der Waals surface area contributed by atoms with Crippen LogP contribution in [0.5, 0.6) is 0 Å². The molecule has 0 aliphatic carbocycles. The Morgan fingerprint density at radius 3 is 2.52 bits per heavy atom. The van der Waals surface area contributed by atoms with E-state index in [0.29, 0.717) is 15.3 Å². The maximum absolute atomic E-state index is 6.27. The molecule has 0 amide bonds. The highest BCUT2D eigenvalue weighted by Gasteiger charge is 2.29. The van der Waals surface area contributed by atoms with Gasteiger partial charge in [0.2, 0.25) is 0 Å². The third-order valence-electron chi connectivity index (χ3n) is 3.82. The van der Waals surface area contributed by atoms with Crippen LogP contribution in [-0.2, 0) is 12.8 Å². The summed E-state index contributed by atoms with van der Waals surface area (Å²) in [6.07, 6.45) is 1.73. The fourth-order valence-electron chi connectivity index (χ4n) is 2.68. The van der Waals surface area contributed by atoms with Crippen LogP contribution in [0.25, 0.3) is 0 Å². The molecule has 0 aromatic heterocycles. The van der Waals surface area contributed by atoms with Crippen molar-refractivity contribution in [1.82, 2.24) is 5.43 Å². The first-order valence-electron chi connectivity index (χ1n) is 6.82. The lowest BCUT2D eigenvalue weighted by Gasteiger charge is -2.23. The molecule has 3 rings (SSSR count). The number of thioether (sulfide) groups is 1. The van der Waals surface area contributed by atoms with Gasteiger partial charge in [0.15, 0.2) is 0 Å². The number of benzene rings is 2. The zero-order chi connectivity index (χ0) is 14.8. The van der Waals surface area contributed by atoms with Crippen molar-refractivity contribution in [2.45, 2.75) is 29.0 Å². The maximum Gasteiger partial charge on any atom is 0.0453 e. The second kappa shape index (κ2) is 6.59. The Balaban J connectivity index is 1.78. The summed E-state index contributed by atoms with van der Waals surface area (Å²) in [5.74, 6) is 5.79. The van der Waals surface area contributed by atoms with Crippen molar-refractivity contribution in [1.29, 1.82) is 0 Å². The van der Waals surface area contributed by atoms with E-state index < -0.39 is 0 Å². The lowest BCUT2D eigenvalue weighted by atomic mass is 9.99. The van der Waals surface area contributed by atoms with E-state index in [1.807, 2.05) is 30.0 Å². The highest BCUT2D eigenvalue weighted by Crippen LogP contribution is 2.39. The van der Waals surface area contributed by atoms with Gasteiger partial charge in [-0.05, 0) is 42.2 Å². The van der Waals surface area contributed by atoms with Crippen LogP contribution >= 0.6 is 35.0 Å². The number of nitrogens with two attached hydrogens (primary N) is 1. The summed E-state index contributed by atoms with van der Waals surface area (Å²) < 4.78 is 0. The van der Waals surface area contributed by atoms with E-state index in [1.165, 1.54) is 10.5 Å². The lowest BCUT2D eigenvalue weighted by molar-refractivity contribution is 0.506. The molecule has 3 N–H and O–H groups in total. The van der Waals surface area contributed by atoms with E-state index in [2.05, 4.69) is 29.7 Å². The second-order valence-corrected chi connectivity index (χ2v) is 7.24. The van der Waals surface area contributed by atoms with Gasteiger partial charge in [-0.15, -0.1) is 11.8 Å². The molecule has 1 heterocycles. The molecule has 2 atom stereocenters. The second-order valence-electron chi connectivity index (χ2n) is 5.15. The monoisotopic (exact) mass is 338 g/mol. The van der Waals surface area contributed by atoms with Crippen molar-refractivity contribution in [2.24, 2.45) is 5.84 Å². The molecule has 0 spiro atoms. The zero-order valence-electron chi connectivity index (χ0n) is 11.4. The Morgan fingerprint density at radius 2 is 1.86 bits per heavy atom. The van der Waals surface area contributed by atoms with Crippen LogP contribution in [0, 0.1) is 0 Å². The molecule has 0 saturated heterocycles. The van der Waals surface area contributed by atoms with Gasteiger partial charge >= 0.3 is 0 Å². The standard InChI is InChI=1S/C16H16Cl2N2S/c17-12-5-3-6-13(18)11(12)9-14(20-19)16-8-10-4-1-2-7-15(10)21-16/h1-7,14,16,20H,8-9,19H2. The summed E-state index contributed by atoms with van der Waals surface area (Å²) in [5, 5.41) is 1.78. The van der Waals surface area contributed by atoms with Crippen LogP contribution < -0.4 is 11.3 Å². The van der Waals surface area contributed by atoms with Crippen LogP contribution in [0.4, 0.5) is 0 Å². The highest BCUT2D eigenvalue weighted by molar-refractivity contribution is 8.00. The minimum Gasteiger partial charge on any atom is -0.271 e. The first kappa shape index (κ1) is 15.2. The number of hydrogen-bond donors (Lipinski definition) is 2. The third-order valence-corrected chi connectivity index (χ3v) is 5.98. The van der Waals surface area contributed by atoms with E-state index in [0.717, 1.165) is 18.4 Å². The van der Waals surface area contributed by atoms with E-state index in [-0.39, 0.29) is 6.04 Å². The summed E-state index contributed by atoms with van der Waals surface area (Å²) in [6, 6.07) is 14.2. The Hall–Kier alpha value is -0.710. The molecule has 0 saturated carbocycles. The molecule has 110 valence electrons. The van der Waals surface area contributed by atoms with Gasteiger partial charge in [0.05, 0.1) is 0 Å². The van der Waals surface area contributed by atoms with E-state index in [4.69, 9.17) is 29.0 Å². The summed E-state index contributed by atoms with van der Waals surface area (Å²) in [4.78, 5) is 1.34. The smallest absolute Gasteiger partial charge is 0.0453 e. The Kier molecular flexibility index (Phi) is 4.77. The van der Waals surface area contributed by atoms with Crippen molar-refractivity contribution in [3.8, 4) is 0 Å². The van der Waals surface area contributed by atoms with Gasteiger partial charge in [0.1, 0.15) is 0 Å². The van der Waals surface area contributed by atoms with Crippen molar-refractivity contribution >= 4 is 35.0 Å². The van der Waals surface area contributed by atoms with Crippen LogP contribution in [0.15, 0.2) is 47.4 Å². The number of fused-ring (bicyclic) bond motifs is 1. The van der Waals surface area contributed by atoms with Crippen molar-refractivity contribution < 1.29 is 0 Å². The quantitative estimate of drug-likeness (QED) is 0.651. The molecule has 1 aliphatic rings.